The van der Waals surface area contributed by atoms with Gasteiger partial charge in [0, 0.05) is 24.3 Å². The fourth-order valence-electron chi connectivity index (χ4n) is 5.17. The number of rotatable bonds is 10. The SMILES string of the molecule is NCCNC(=O)Cc1ccc(NC(=O)Cc2ccccc2[C@@]2(n3cnc4c(N)ncnc43)O[C@H](CO)[C@@H](O)[C@H]2O)cc1. The molecule has 0 unspecified atom stereocenters. The fraction of sp³-hybridized carbons (Fsp3) is 0.321. The van der Waals surface area contributed by atoms with Gasteiger partial charge in [-0.25, -0.2) is 15.0 Å². The second-order valence-electron chi connectivity index (χ2n) is 9.91. The summed E-state index contributed by atoms with van der Waals surface area (Å²) in [6, 6.07) is 13.7. The fourth-order valence-corrected chi connectivity index (χ4v) is 5.17. The maximum absolute atomic E-state index is 13.2. The highest BCUT2D eigenvalue weighted by Crippen LogP contribution is 2.44. The maximum atomic E-state index is 13.2. The summed E-state index contributed by atoms with van der Waals surface area (Å²) < 4.78 is 7.65. The number of nitrogens with one attached hydrogen (secondary N) is 2. The van der Waals surface area contributed by atoms with Crippen LogP contribution in [-0.4, -0.2) is 84.7 Å². The highest BCUT2D eigenvalue weighted by molar-refractivity contribution is 5.92. The second-order valence-corrected chi connectivity index (χ2v) is 9.91. The number of hydrogen-bond acceptors (Lipinski definition) is 11. The van der Waals surface area contributed by atoms with E-state index in [1.807, 2.05) is 0 Å². The van der Waals surface area contributed by atoms with E-state index >= 15 is 0 Å². The Morgan fingerprint density at radius 1 is 1.02 bits per heavy atom. The van der Waals surface area contributed by atoms with E-state index in [-0.39, 0.29) is 41.6 Å². The summed E-state index contributed by atoms with van der Waals surface area (Å²) in [4.78, 5) is 37.7. The Morgan fingerprint density at radius 2 is 1.79 bits per heavy atom. The number of carbonyl (C=O) groups is 2. The van der Waals surface area contributed by atoms with Crippen LogP contribution < -0.4 is 22.1 Å². The van der Waals surface area contributed by atoms with Gasteiger partial charge in [-0.2, -0.15) is 0 Å². The van der Waals surface area contributed by atoms with Gasteiger partial charge < -0.3 is 42.2 Å². The molecule has 1 saturated heterocycles. The number of anilines is 2. The van der Waals surface area contributed by atoms with Crippen molar-refractivity contribution in [3.63, 3.8) is 0 Å². The monoisotopic (exact) mass is 576 g/mol. The van der Waals surface area contributed by atoms with E-state index in [0.717, 1.165) is 5.56 Å². The van der Waals surface area contributed by atoms with Crippen molar-refractivity contribution in [2.75, 3.05) is 30.7 Å². The van der Waals surface area contributed by atoms with E-state index in [0.29, 0.717) is 29.9 Å². The molecular weight excluding hydrogens is 544 g/mol. The zero-order valence-corrected chi connectivity index (χ0v) is 22.6. The van der Waals surface area contributed by atoms with Crippen molar-refractivity contribution < 1.29 is 29.6 Å². The van der Waals surface area contributed by atoms with Crippen molar-refractivity contribution in [2.45, 2.75) is 36.9 Å². The standard InChI is InChI=1S/C28H32N8O6/c29-9-10-31-21(38)11-16-5-7-18(8-6-16)35-22(39)12-17-3-1-2-4-19(17)28(25(41)24(40)20(13-37)42-28)36-15-34-23-26(30)32-14-33-27(23)36/h1-8,14-15,20,24-25,37,40-41H,9-13,29H2,(H,31,38)(H,35,39)(H2,30,32,33)/t20-,24-,25-,28-/m1/s1. The van der Waals surface area contributed by atoms with Crippen LogP contribution in [0.15, 0.2) is 61.2 Å². The molecule has 220 valence electrons. The van der Waals surface area contributed by atoms with Crippen LogP contribution >= 0.6 is 0 Å². The number of nitrogen functional groups attached to an aromatic ring is 1. The van der Waals surface area contributed by atoms with Crippen LogP contribution in [-0.2, 0) is 32.9 Å². The number of hydrogen-bond donors (Lipinski definition) is 7. The van der Waals surface area contributed by atoms with Crippen LogP contribution in [0.2, 0.25) is 0 Å². The van der Waals surface area contributed by atoms with Crippen molar-refractivity contribution in [3.8, 4) is 0 Å². The van der Waals surface area contributed by atoms with E-state index in [1.165, 1.54) is 17.2 Å². The van der Waals surface area contributed by atoms with E-state index < -0.39 is 30.6 Å². The molecule has 3 heterocycles. The molecule has 0 aliphatic carbocycles. The van der Waals surface area contributed by atoms with E-state index in [4.69, 9.17) is 16.2 Å². The van der Waals surface area contributed by atoms with Gasteiger partial charge in [0.25, 0.3) is 0 Å². The second kappa shape index (κ2) is 12.2. The molecule has 1 fully saturated rings. The van der Waals surface area contributed by atoms with Crippen LogP contribution in [0, 0.1) is 0 Å². The highest BCUT2D eigenvalue weighted by atomic mass is 16.6. The molecule has 0 radical (unpaired) electrons. The Kier molecular flexibility index (Phi) is 8.42. The van der Waals surface area contributed by atoms with Gasteiger partial charge in [0.1, 0.15) is 30.2 Å². The minimum absolute atomic E-state index is 0.107. The van der Waals surface area contributed by atoms with Gasteiger partial charge in [0.05, 0.1) is 25.8 Å². The molecule has 42 heavy (non-hydrogen) atoms. The number of fused-ring (bicyclic) bond motifs is 1. The third-order valence-corrected chi connectivity index (χ3v) is 7.16. The first kappa shape index (κ1) is 29.0. The molecule has 9 N–H and O–H groups in total. The van der Waals surface area contributed by atoms with Crippen molar-refractivity contribution >= 4 is 34.5 Å². The number of nitrogens with zero attached hydrogens (tertiary/aromatic N) is 4. The summed E-state index contributed by atoms with van der Waals surface area (Å²) in [7, 11) is 0. The van der Waals surface area contributed by atoms with Gasteiger partial charge in [-0.05, 0) is 23.3 Å². The van der Waals surface area contributed by atoms with Crippen LogP contribution in [0.3, 0.4) is 0 Å². The summed E-state index contributed by atoms with van der Waals surface area (Å²) in [6.07, 6.45) is -1.53. The average Bonchev–Trinajstić information content (AvgIpc) is 3.53. The minimum atomic E-state index is -1.81. The van der Waals surface area contributed by atoms with Gasteiger partial charge in [-0.1, -0.05) is 36.4 Å². The van der Waals surface area contributed by atoms with Crippen LogP contribution in [0.5, 0.6) is 0 Å². The van der Waals surface area contributed by atoms with E-state index in [2.05, 4.69) is 25.6 Å². The number of aliphatic hydroxyl groups is 3. The van der Waals surface area contributed by atoms with E-state index in [9.17, 15) is 24.9 Å². The normalized spacial score (nSPS) is 21.9. The molecule has 0 spiro atoms. The summed E-state index contributed by atoms with van der Waals surface area (Å²) >= 11 is 0. The summed E-state index contributed by atoms with van der Waals surface area (Å²) in [5, 5.41) is 37.7. The van der Waals surface area contributed by atoms with E-state index in [1.54, 1.807) is 48.5 Å². The Morgan fingerprint density at radius 3 is 2.50 bits per heavy atom. The zero-order chi connectivity index (χ0) is 29.9. The molecule has 2 aromatic carbocycles. The third kappa shape index (κ3) is 5.41. The minimum Gasteiger partial charge on any atom is -0.394 e. The largest absolute Gasteiger partial charge is 0.394 e. The smallest absolute Gasteiger partial charge is 0.228 e. The Labute approximate surface area is 240 Å². The predicted molar refractivity (Wildman–Crippen MR) is 152 cm³/mol. The van der Waals surface area contributed by atoms with Gasteiger partial charge in [0.15, 0.2) is 11.5 Å². The van der Waals surface area contributed by atoms with Crippen molar-refractivity contribution in [3.05, 3.63) is 77.9 Å². The Bertz CT molecular complexity index is 1580. The molecule has 4 aromatic rings. The van der Waals surface area contributed by atoms with Crippen LogP contribution in [0.1, 0.15) is 16.7 Å². The molecule has 5 rings (SSSR count). The lowest BCUT2D eigenvalue weighted by molar-refractivity contribution is -0.120. The number of ether oxygens (including phenoxy) is 1. The number of benzene rings is 2. The quantitative estimate of drug-likeness (QED) is 0.121. The van der Waals surface area contributed by atoms with Gasteiger partial charge in [-0.3, -0.25) is 14.2 Å². The molecule has 0 saturated carbocycles. The molecule has 1 aliphatic rings. The molecule has 1 aliphatic heterocycles. The number of aromatic nitrogens is 4. The average molecular weight is 577 g/mol. The molecule has 14 heteroatoms. The zero-order valence-electron chi connectivity index (χ0n) is 22.6. The number of imidazole rings is 1. The highest BCUT2D eigenvalue weighted by Gasteiger charge is 2.58. The molecule has 2 amide bonds. The first-order valence-electron chi connectivity index (χ1n) is 13.3. The summed E-state index contributed by atoms with van der Waals surface area (Å²) in [5.41, 5.74) is 12.2. The lowest BCUT2D eigenvalue weighted by Crippen LogP contribution is -2.47. The van der Waals surface area contributed by atoms with Gasteiger partial charge in [-0.15, -0.1) is 0 Å². The van der Waals surface area contributed by atoms with Crippen LogP contribution in [0.4, 0.5) is 11.5 Å². The molecule has 0 bridgehead atoms. The first-order valence-corrected chi connectivity index (χ1v) is 13.3. The molecule has 2 aromatic heterocycles. The van der Waals surface area contributed by atoms with Crippen LogP contribution in [0.25, 0.3) is 11.2 Å². The summed E-state index contributed by atoms with van der Waals surface area (Å²) in [6.45, 7) is 0.184. The first-order chi connectivity index (χ1) is 20.3. The molecule has 4 atom stereocenters. The van der Waals surface area contributed by atoms with Crippen molar-refractivity contribution in [2.24, 2.45) is 5.73 Å². The summed E-state index contributed by atoms with van der Waals surface area (Å²) in [5.74, 6) is -0.400. The van der Waals surface area contributed by atoms with Gasteiger partial charge >= 0.3 is 0 Å². The number of amides is 2. The number of nitrogens with two attached hydrogens (primary N) is 2. The number of carbonyl (C=O) groups excluding carboxylic acids is 2. The topological polar surface area (TPSA) is 224 Å². The van der Waals surface area contributed by atoms with Gasteiger partial charge in [0.2, 0.25) is 17.5 Å². The number of aliphatic hydroxyl groups excluding tert-OH is 3. The Balaban J connectivity index is 1.44. The lowest BCUT2D eigenvalue weighted by atomic mass is 9.89. The predicted octanol–water partition coefficient (Wildman–Crippen LogP) is -0.979. The lowest BCUT2D eigenvalue weighted by Gasteiger charge is -2.35. The molecular formula is C28H32N8O6. The molecule has 14 nitrogen and oxygen atoms in total. The van der Waals surface area contributed by atoms with Crippen molar-refractivity contribution in [1.82, 2.24) is 24.8 Å². The Hall–Kier alpha value is -4.47. The maximum Gasteiger partial charge on any atom is 0.228 e. The van der Waals surface area contributed by atoms with Crippen molar-refractivity contribution in [1.29, 1.82) is 0 Å². The third-order valence-electron chi connectivity index (χ3n) is 7.16.